The van der Waals surface area contributed by atoms with Crippen LogP contribution in [-0.4, -0.2) is 84.7 Å². The summed E-state index contributed by atoms with van der Waals surface area (Å²) in [5.41, 5.74) is 2.29. The van der Waals surface area contributed by atoms with Crippen molar-refractivity contribution < 1.29 is 32.6 Å². The maximum absolute atomic E-state index is 14.8. The molecular weight excluding hydrogens is 563 g/mol. The zero-order valence-electron chi connectivity index (χ0n) is 24.2. The van der Waals surface area contributed by atoms with Gasteiger partial charge < -0.3 is 29.2 Å². The van der Waals surface area contributed by atoms with E-state index in [-0.39, 0.29) is 38.9 Å². The van der Waals surface area contributed by atoms with Gasteiger partial charge in [-0.3, -0.25) is 0 Å². The molecule has 12 heteroatoms. The Kier molecular flexibility index (Phi) is 7.26. The largest absolute Gasteiger partial charge is 0.465 e. The molecule has 0 saturated carbocycles. The molecule has 43 heavy (non-hydrogen) atoms. The molecule has 4 heterocycles. The maximum Gasteiger partial charge on any atom is 0.410 e. The molecule has 2 aromatic carbocycles. The zero-order chi connectivity index (χ0) is 30.6. The van der Waals surface area contributed by atoms with Gasteiger partial charge in [-0.05, 0) is 51.0 Å². The monoisotopic (exact) mass is 597 g/mol. The number of rotatable bonds is 5. The molecule has 0 radical (unpaired) electrons. The normalized spacial score (nSPS) is 22.7. The third-order valence-corrected chi connectivity index (χ3v) is 8.18. The molecule has 2 amide bonds. The number of nitrogens with zero attached hydrogens (tertiary/aromatic N) is 4. The minimum atomic E-state index is -1.27. The number of alkyl halides is 2. The van der Waals surface area contributed by atoms with Gasteiger partial charge in [-0.1, -0.05) is 18.2 Å². The predicted molar refractivity (Wildman–Crippen MR) is 155 cm³/mol. The number of halogens is 3. The molecule has 2 aliphatic rings. The van der Waals surface area contributed by atoms with Gasteiger partial charge in [0.1, 0.15) is 23.8 Å². The van der Waals surface area contributed by atoms with Crippen LogP contribution in [0.4, 0.5) is 22.8 Å². The Hall–Kier alpha value is -4.22. The fraction of sp³-hybridized carbons (Fsp3) is 0.452. The van der Waals surface area contributed by atoms with Gasteiger partial charge >= 0.3 is 12.2 Å². The molecule has 6 rings (SSSR count). The van der Waals surface area contributed by atoms with Crippen LogP contribution < -0.4 is 0 Å². The number of ether oxygens (including phenoxy) is 1. The molecule has 0 spiro atoms. The number of hydrogen-bond acceptors (Lipinski definition) is 4. The van der Waals surface area contributed by atoms with E-state index in [0.29, 0.717) is 22.6 Å². The Bertz CT molecular complexity index is 1700. The number of carboxylic acid groups (broad SMARTS) is 1. The molecule has 0 aliphatic carbocycles. The Labute approximate surface area is 246 Å². The van der Waals surface area contributed by atoms with Gasteiger partial charge in [-0.25, -0.2) is 27.7 Å². The average molecular weight is 598 g/mol. The molecule has 9 nitrogen and oxygen atoms in total. The fourth-order valence-electron chi connectivity index (χ4n) is 6.39. The first kappa shape index (κ1) is 28.9. The molecule has 0 unspecified atom stereocenters. The smallest absolute Gasteiger partial charge is 0.410 e. The number of likely N-dealkylation sites (tertiary alicyclic amines) is 2. The molecule has 2 fully saturated rings. The van der Waals surface area contributed by atoms with E-state index in [0.717, 1.165) is 21.4 Å². The average Bonchev–Trinajstić information content (AvgIpc) is 3.67. The first-order valence-electron chi connectivity index (χ1n) is 14.4. The van der Waals surface area contributed by atoms with Gasteiger partial charge in [0.2, 0.25) is 0 Å². The number of benzene rings is 2. The Morgan fingerprint density at radius 3 is 2.47 bits per heavy atom. The summed E-state index contributed by atoms with van der Waals surface area (Å²) in [6, 6.07) is 10.6. The number of carbonyl (C=O) groups excluding carboxylic acids is 1. The van der Waals surface area contributed by atoms with Crippen molar-refractivity contribution in [2.75, 3.05) is 13.1 Å². The summed E-state index contributed by atoms with van der Waals surface area (Å²) in [4.78, 5) is 35.7. The van der Waals surface area contributed by atoms with Crippen LogP contribution in [0.1, 0.15) is 39.2 Å². The number of amides is 2. The number of nitrogens with one attached hydrogen (secondary N) is 1. The lowest BCUT2D eigenvalue weighted by molar-refractivity contribution is 0.0207. The van der Waals surface area contributed by atoms with E-state index in [2.05, 4.69) is 4.98 Å². The van der Waals surface area contributed by atoms with Crippen LogP contribution in [0.25, 0.3) is 33.5 Å². The number of aromatic amines is 1. The molecule has 2 saturated heterocycles. The summed E-state index contributed by atoms with van der Waals surface area (Å²) in [6.45, 7) is 5.10. The minimum absolute atomic E-state index is 0.0671. The SMILES string of the molecule is CC(C)(C)OC(=O)N1C[C@@H](F)C[C@H]1Cn1c(-c2[nH]c3ccccc3c2C[C@@H]2C[C@H](F)CN2C(=O)O)nc2cc(F)ccc21. The Balaban J connectivity index is 1.46. The van der Waals surface area contributed by atoms with E-state index >= 15 is 0 Å². The van der Waals surface area contributed by atoms with Gasteiger partial charge in [0.25, 0.3) is 0 Å². The first-order chi connectivity index (χ1) is 20.4. The van der Waals surface area contributed by atoms with Crippen LogP contribution >= 0.6 is 0 Å². The van der Waals surface area contributed by atoms with Crippen LogP contribution in [0.5, 0.6) is 0 Å². The second-order valence-corrected chi connectivity index (χ2v) is 12.4. The lowest BCUT2D eigenvalue weighted by Crippen LogP contribution is -2.41. The lowest BCUT2D eigenvalue weighted by atomic mass is 10.00. The Morgan fingerprint density at radius 2 is 1.74 bits per heavy atom. The van der Waals surface area contributed by atoms with Crippen molar-refractivity contribution in [2.45, 2.75) is 76.6 Å². The van der Waals surface area contributed by atoms with E-state index in [9.17, 15) is 27.9 Å². The second-order valence-electron chi connectivity index (χ2n) is 12.4. The van der Waals surface area contributed by atoms with Crippen LogP contribution in [0, 0.1) is 5.82 Å². The highest BCUT2D eigenvalue weighted by molar-refractivity contribution is 5.91. The fourth-order valence-corrected chi connectivity index (χ4v) is 6.39. The van der Waals surface area contributed by atoms with Gasteiger partial charge in [-0.15, -0.1) is 0 Å². The maximum atomic E-state index is 14.8. The van der Waals surface area contributed by atoms with Crippen molar-refractivity contribution in [3.05, 3.63) is 53.8 Å². The molecule has 4 atom stereocenters. The predicted octanol–water partition coefficient (Wildman–Crippen LogP) is 6.30. The van der Waals surface area contributed by atoms with Crippen molar-refractivity contribution in [3.8, 4) is 11.5 Å². The van der Waals surface area contributed by atoms with Gasteiger partial charge in [0, 0.05) is 42.4 Å². The number of imidazole rings is 1. The molecule has 2 aliphatic heterocycles. The highest BCUT2D eigenvalue weighted by atomic mass is 19.1. The first-order valence-corrected chi connectivity index (χ1v) is 14.4. The summed E-state index contributed by atoms with van der Waals surface area (Å²) in [5, 5.41) is 10.6. The van der Waals surface area contributed by atoms with Crippen molar-refractivity contribution >= 4 is 34.1 Å². The highest BCUT2D eigenvalue weighted by Gasteiger charge is 2.40. The number of fused-ring (bicyclic) bond motifs is 2. The highest BCUT2D eigenvalue weighted by Crippen LogP contribution is 2.37. The van der Waals surface area contributed by atoms with Crippen LogP contribution in [0.2, 0.25) is 0 Å². The van der Waals surface area contributed by atoms with Crippen molar-refractivity contribution in [3.63, 3.8) is 0 Å². The van der Waals surface area contributed by atoms with Crippen LogP contribution in [0.3, 0.4) is 0 Å². The number of H-pyrrole nitrogens is 1. The second kappa shape index (κ2) is 10.8. The van der Waals surface area contributed by atoms with Gasteiger partial charge in [0.15, 0.2) is 5.82 Å². The summed E-state index contributed by atoms with van der Waals surface area (Å²) >= 11 is 0. The van der Waals surface area contributed by atoms with Crippen LogP contribution in [-0.2, 0) is 17.7 Å². The summed E-state index contributed by atoms with van der Waals surface area (Å²) < 4.78 is 51.0. The standard InChI is InChI=1S/C31H34F3N5O4/c1-31(2,3)43-30(42)38-15-19(34)11-21(38)16-39-26-9-8-17(32)12-25(26)36-28(39)27-23(22-6-4-5-7-24(22)35-27)13-20-10-18(33)14-37(20)29(40)41/h4-9,12,18-21,35H,10-11,13-16H2,1-3H3,(H,40,41)/t18-,19-,20-,21-/m0/s1. The zero-order valence-corrected chi connectivity index (χ0v) is 24.2. The van der Waals surface area contributed by atoms with Gasteiger partial charge in [-0.2, -0.15) is 0 Å². The lowest BCUT2D eigenvalue weighted by Gasteiger charge is -2.29. The van der Waals surface area contributed by atoms with Crippen LogP contribution in [0.15, 0.2) is 42.5 Å². The third kappa shape index (κ3) is 5.62. The number of aromatic nitrogens is 3. The summed E-state index contributed by atoms with van der Waals surface area (Å²) in [7, 11) is 0. The molecule has 4 aromatic rings. The van der Waals surface area contributed by atoms with Crippen molar-refractivity contribution in [2.24, 2.45) is 0 Å². The molecule has 2 N–H and O–H groups in total. The van der Waals surface area contributed by atoms with E-state index < -0.39 is 48.0 Å². The third-order valence-electron chi connectivity index (χ3n) is 8.18. The quantitative estimate of drug-likeness (QED) is 0.281. The van der Waals surface area contributed by atoms with E-state index in [1.807, 2.05) is 28.8 Å². The Morgan fingerprint density at radius 1 is 1.05 bits per heavy atom. The topological polar surface area (TPSA) is 104 Å². The van der Waals surface area contributed by atoms with Gasteiger partial charge in [0.05, 0.1) is 35.9 Å². The van der Waals surface area contributed by atoms with Crippen molar-refractivity contribution in [1.29, 1.82) is 0 Å². The van der Waals surface area contributed by atoms with E-state index in [1.54, 1.807) is 26.8 Å². The van der Waals surface area contributed by atoms with Crippen molar-refractivity contribution in [1.82, 2.24) is 24.3 Å². The molecule has 0 bridgehead atoms. The summed E-state index contributed by atoms with van der Waals surface area (Å²) in [6.07, 6.45) is -3.92. The van der Waals surface area contributed by atoms with E-state index in [4.69, 9.17) is 9.72 Å². The van der Waals surface area contributed by atoms with E-state index in [1.165, 1.54) is 17.0 Å². The molecule has 228 valence electrons. The summed E-state index contributed by atoms with van der Waals surface area (Å²) in [5.74, 6) is -0.0485. The molecule has 2 aromatic heterocycles. The number of para-hydroxylation sites is 1. The number of carbonyl (C=O) groups is 2. The molecular formula is C31H34F3N5O4. The number of hydrogen-bond donors (Lipinski definition) is 2. The minimum Gasteiger partial charge on any atom is -0.465 e.